The molecule has 0 saturated carbocycles. The first kappa shape index (κ1) is 26.1. The first-order valence-electron chi connectivity index (χ1n) is 9.85. The van der Waals surface area contributed by atoms with E-state index in [4.69, 9.17) is 5.14 Å². The second-order valence-corrected chi connectivity index (χ2v) is 9.14. The molecule has 2 heterocycles. The molecule has 2 aromatic carbocycles. The van der Waals surface area contributed by atoms with E-state index in [2.05, 4.69) is 16.8 Å². The molecule has 0 bridgehead atoms. The number of sulfonamides is 1. The summed E-state index contributed by atoms with van der Waals surface area (Å²) in [6, 6.07) is 4.89. The van der Waals surface area contributed by atoms with Crippen LogP contribution in [0.2, 0.25) is 0 Å². The van der Waals surface area contributed by atoms with Crippen molar-refractivity contribution in [2.45, 2.75) is 17.2 Å². The van der Waals surface area contributed by atoms with Crippen LogP contribution in [0.3, 0.4) is 0 Å². The molecule has 4 rings (SSSR count). The number of nitrogens with two attached hydrogens (primary N) is 1. The Labute approximate surface area is 203 Å². The number of nitrogens with zero attached hydrogens (tertiary/aromatic N) is 2. The zero-order valence-corrected chi connectivity index (χ0v) is 18.7. The Hall–Kier alpha value is -3.96. The van der Waals surface area contributed by atoms with Crippen molar-refractivity contribution in [1.29, 1.82) is 0 Å². The maximum absolute atomic E-state index is 14.2. The number of imidazole rings is 1. The fraction of sp³-hybridized carbons (Fsp3) is 0.0870. The molecular weight excluding hydrogens is 534 g/mol. The van der Waals surface area contributed by atoms with Crippen LogP contribution in [0.25, 0.3) is 16.8 Å². The van der Waals surface area contributed by atoms with Gasteiger partial charge < -0.3 is 0 Å². The zero-order chi connectivity index (χ0) is 27.3. The summed E-state index contributed by atoms with van der Waals surface area (Å²) in [5, 5.41) is 4.88. The molecule has 0 aliphatic heterocycles. The van der Waals surface area contributed by atoms with Gasteiger partial charge in [-0.1, -0.05) is 18.1 Å². The van der Waals surface area contributed by atoms with Crippen LogP contribution in [0.1, 0.15) is 22.4 Å². The average molecular weight is 545 g/mol. The molecule has 0 aliphatic carbocycles. The van der Waals surface area contributed by atoms with Crippen LogP contribution in [-0.4, -0.2) is 17.8 Å². The van der Waals surface area contributed by atoms with Gasteiger partial charge in [-0.3, -0.25) is 4.40 Å². The van der Waals surface area contributed by atoms with Crippen molar-refractivity contribution in [1.82, 2.24) is 9.38 Å². The molecule has 14 heteroatoms. The van der Waals surface area contributed by atoms with Crippen LogP contribution in [-0.2, 0) is 22.4 Å². The number of hydrogen-bond acceptors (Lipinski definition) is 3. The van der Waals surface area contributed by atoms with Crippen molar-refractivity contribution in [3.63, 3.8) is 0 Å². The number of pyridine rings is 1. The Bertz CT molecular complexity index is 1700. The number of halogens is 8. The molecule has 0 atom stereocenters. The number of fused-ring (bicyclic) bond motifs is 1. The summed E-state index contributed by atoms with van der Waals surface area (Å²) in [4.78, 5) is 2.65. The van der Waals surface area contributed by atoms with Gasteiger partial charge in [-0.05, 0) is 41.3 Å². The predicted octanol–water partition coefficient (Wildman–Crippen LogP) is 5.36. The number of aromatic nitrogens is 2. The Morgan fingerprint density at radius 2 is 1.49 bits per heavy atom. The second-order valence-electron chi connectivity index (χ2n) is 7.61. The molecule has 0 aliphatic rings. The molecule has 0 spiro atoms. The number of hydrogen-bond donors (Lipinski definition) is 1. The summed E-state index contributed by atoms with van der Waals surface area (Å²) in [7, 11) is -4.57. The van der Waals surface area contributed by atoms with Gasteiger partial charge in [0.25, 0.3) is 0 Å². The van der Waals surface area contributed by atoms with Crippen LogP contribution in [0.15, 0.2) is 59.8 Å². The number of rotatable bonds is 2. The molecule has 0 unspecified atom stereocenters. The van der Waals surface area contributed by atoms with Crippen molar-refractivity contribution in [3.8, 4) is 23.0 Å². The van der Waals surface area contributed by atoms with E-state index in [-0.39, 0.29) is 22.9 Å². The van der Waals surface area contributed by atoms with Crippen LogP contribution >= 0.6 is 0 Å². The minimum Gasteiger partial charge on any atom is -0.292 e. The van der Waals surface area contributed by atoms with E-state index in [1.807, 2.05) is 0 Å². The molecule has 4 aromatic rings. The summed E-state index contributed by atoms with van der Waals surface area (Å²) >= 11 is 0. The number of alkyl halides is 6. The van der Waals surface area contributed by atoms with Gasteiger partial charge in [0.05, 0.1) is 22.9 Å². The topological polar surface area (TPSA) is 77.5 Å². The molecule has 0 fully saturated rings. The zero-order valence-electron chi connectivity index (χ0n) is 17.9. The summed E-state index contributed by atoms with van der Waals surface area (Å²) in [5.74, 6) is 1.84. The number of benzene rings is 2. The fourth-order valence-electron chi connectivity index (χ4n) is 3.37. The van der Waals surface area contributed by atoms with E-state index < -0.39 is 61.2 Å². The van der Waals surface area contributed by atoms with Gasteiger partial charge in [0, 0.05) is 12.3 Å². The summed E-state index contributed by atoms with van der Waals surface area (Å²) in [6.45, 7) is 0. The first-order chi connectivity index (χ1) is 17.1. The Kier molecular flexibility index (Phi) is 6.25. The SMILES string of the molecule is NS(=O)(=O)c1cc(C#Cc2cnc3c(C(F)(F)F)cc(-c4ccc(C(F)(F)F)cc4)cn23)c(F)cc1F. The Morgan fingerprint density at radius 1 is 0.838 bits per heavy atom. The minimum absolute atomic E-state index is 0.0235. The molecular formula is C23H11F8N3O2S. The van der Waals surface area contributed by atoms with Gasteiger partial charge in [-0.2, -0.15) is 26.3 Å². The van der Waals surface area contributed by atoms with Gasteiger partial charge in [-0.15, -0.1) is 0 Å². The van der Waals surface area contributed by atoms with E-state index in [9.17, 15) is 43.5 Å². The average Bonchev–Trinajstić information content (AvgIpc) is 3.18. The van der Waals surface area contributed by atoms with Crippen molar-refractivity contribution in [3.05, 3.63) is 88.9 Å². The molecule has 37 heavy (non-hydrogen) atoms. The third kappa shape index (κ3) is 5.27. The lowest BCUT2D eigenvalue weighted by Gasteiger charge is -2.12. The molecule has 0 radical (unpaired) electrons. The maximum atomic E-state index is 14.2. The van der Waals surface area contributed by atoms with Gasteiger partial charge in [0.2, 0.25) is 10.0 Å². The molecule has 5 nitrogen and oxygen atoms in total. The van der Waals surface area contributed by atoms with Gasteiger partial charge in [-0.25, -0.2) is 27.3 Å². The first-order valence-corrected chi connectivity index (χ1v) is 11.4. The van der Waals surface area contributed by atoms with Crippen molar-refractivity contribution in [2.75, 3.05) is 0 Å². The van der Waals surface area contributed by atoms with E-state index in [1.54, 1.807) is 0 Å². The molecule has 0 amide bonds. The lowest BCUT2D eigenvalue weighted by atomic mass is 10.0. The van der Waals surface area contributed by atoms with E-state index in [0.717, 1.165) is 28.9 Å². The quantitative estimate of drug-likeness (QED) is 0.272. The highest BCUT2D eigenvalue weighted by atomic mass is 32.2. The smallest absolute Gasteiger partial charge is 0.292 e. The van der Waals surface area contributed by atoms with Crippen molar-refractivity contribution < 1.29 is 43.5 Å². The summed E-state index contributed by atoms with van der Waals surface area (Å²) < 4.78 is 132. The van der Waals surface area contributed by atoms with Crippen LogP contribution in [0, 0.1) is 23.5 Å². The Balaban J connectivity index is 1.88. The van der Waals surface area contributed by atoms with Crippen LogP contribution in [0.5, 0.6) is 0 Å². The van der Waals surface area contributed by atoms with Crippen LogP contribution < -0.4 is 5.14 Å². The molecule has 2 aromatic heterocycles. The highest BCUT2D eigenvalue weighted by Gasteiger charge is 2.35. The van der Waals surface area contributed by atoms with Crippen LogP contribution in [0.4, 0.5) is 35.1 Å². The highest BCUT2D eigenvalue weighted by Crippen LogP contribution is 2.36. The lowest BCUT2D eigenvalue weighted by molar-refractivity contribution is -0.138. The number of primary sulfonamides is 1. The van der Waals surface area contributed by atoms with E-state index in [1.165, 1.54) is 0 Å². The third-order valence-corrected chi connectivity index (χ3v) is 6.04. The normalized spacial score (nSPS) is 12.5. The molecule has 2 N–H and O–H groups in total. The van der Waals surface area contributed by atoms with Gasteiger partial charge in [0.15, 0.2) is 0 Å². The highest BCUT2D eigenvalue weighted by molar-refractivity contribution is 7.89. The van der Waals surface area contributed by atoms with Crippen molar-refractivity contribution >= 4 is 15.7 Å². The predicted molar refractivity (Wildman–Crippen MR) is 114 cm³/mol. The van der Waals surface area contributed by atoms with E-state index >= 15 is 0 Å². The molecule has 192 valence electrons. The molecule has 0 saturated heterocycles. The van der Waals surface area contributed by atoms with Gasteiger partial charge >= 0.3 is 12.4 Å². The lowest BCUT2D eigenvalue weighted by Crippen LogP contribution is -2.14. The van der Waals surface area contributed by atoms with Crippen molar-refractivity contribution in [2.24, 2.45) is 5.14 Å². The van der Waals surface area contributed by atoms with Gasteiger partial charge in [0.1, 0.15) is 27.9 Å². The summed E-state index contributed by atoms with van der Waals surface area (Å²) in [6.07, 6.45) is -7.49. The standard InChI is InChI=1S/C23H11F8N3O2S/c24-18-9-19(25)20(37(32,35)36)8-13(18)3-6-16-10-33-21-17(23(29,30)31)7-14(11-34(16)21)12-1-4-15(5-2-12)22(26,27)28/h1-2,4-5,7-11H,(H2,32,35,36). The van der Waals surface area contributed by atoms with E-state index in [0.29, 0.717) is 24.3 Å². The largest absolute Gasteiger partial charge is 0.420 e. The minimum atomic E-state index is -4.91. The fourth-order valence-corrected chi connectivity index (χ4v) is 3.98. The summed E-state index contributed by atoms with van der Waals surface area (Å²) in [5.41, 5.74) is -3.75. The maximum Gasteiger partial charge on any atom is 0.420 e. The Morgan fingerprint density at radius 3 is 2.05 bits per heavy atom. The third-order valence-electron chi connectivity index (χ3n) is 5.11. The monoisotopic (exact) mass is 545 g/mol. The second kappa shape index (κ2) is 8.86.